The van der Waals surface area contributed by atoms with Gasteiger partial charge < -0.3 is 4.57 Å². The van der Waals surface area contributed by atoms with Crippen molar-refractivity contribution in [3.05, 3.63) is 126 Å². The van der Waals surface area contributed by atoms with Gasteiger partial charge in [-0.1, -0.05) is 83.9 Å². The molecule has 41 heavy (non-hydrogen) atoms. The number of hydrogen-bond acceptors (Lipinski definition) is 2. The van der Waals surface area contributed by atoms with E-state index in [1.807, 2.05) is 22.7 Å². The molecule has 9 aromatic rings. The van der Waals surface area contributed by atoms with E-state index in [-0.39, 0.29) is 0 Å². The van der Waals surface area contributed by atoms with Gasteiger partial charge in [0.2, 0.25) is 0 Å². The molecule has 0 fully saturated rings. The van der Waals surface area contributed by atoms with Crippen molar-refractivity contribution in [2.45, 2.75) is 13.8 Å². The number of nitrogens with zero attached hydrogens (tertiary/aromatic N) is 1. The first-order valence-corrected chi connectivity index (χ1v) is 15.7. The molecule has 0 saturated carbocycles. The molecule has 0 spiro atoms. The quantitative estimate of drug-likeness (QED) is 0.198. The lowest BCUT2D eigenvalue weighted by molar-refractivity contribution is 1.20. The van der Waals surface area contributed by atoms with Crippen LogP contribution in [0.15, 0.2) is 115 Å². The molecule has 0 radical (unpaired) electrons. The summed E-state index contributed by atoms with van der Waals surface area (Å²) in [5.74, 6) is 0. The Labute approximate surface area is 245 Å². The maximum absolute atomic E-state index is 2.48. The van der Waals surface area contributed by atoms with Crippen LogP contribution in [0, 0.1) is 13.8 Å². The van der Waals surface area contributed by atoms with E-state index in [1.165, 1.54) is 90.1 Å². The Balaban J connectivity index is 1.37. The van der Waals surface area contributed by atoms with Gasteiger partial charge in [0.05, 0.1) is 21.4 Å². The van der Waals surface area contributed by atoms with Crippen molar-refractivity contribution in [2.75, 3.05) is 0 Å². The molecular formula is C38H25NS2. The molecule has 0 saturated heterocycles. The molecule has 3 aromatic heterocycles. The van der Waals surface area contributed by atoms with Crippen molar-refractivity contribution in [2.24, 2.45) is 0 Å². The molecule has 3 heteroatoms. The van der Waals surface area contributed by atoms with E-state index in [0.29, 0.717) is 0 Å². The molecule has 0 aliphatic heterocycles. The van der Waals surface area contributed by atoms with Crippen LogP contribution in [0.3, 0.4) is 0 Å². The molecule has 1 nitrogen and oxygen atoms in total. The third kappa shape index (κ3) is 3.28. The number of fused-ring (bicyclic) bond motifs is 9. The Morgan fingerprint density at radius 3 is 1.88 bits per heavy atom. The SMILES string of the molecule is Cc1ccc2c(c1)c1cc(C)ccc1n2-c1cccc2c1sc1cccc(-c3cccc4c3sc3ccccc34)c12. The highest BCUT2D eigenvalue weighted by Gasteiger charge is 2.19. The monoisotopic (exact) mass is 559 g/mol. The maximum atomic E-state index is 2.48. The predicted molar refractivity (Wildman–Crippen MR) is 181 cm³/mol. The summed E-state index contributed by atoms with van der Waals surface area (Å²) in [6, 6.07) is 43.0. The maximum Gasteiger partial charge on any atom is 0.0640 e. The first-order valence-electron chi connectivity index (χ1n) is 14.0. The minimum Gasteiger partial charge on any atom is -0.308 e. The van der Waals surface area contributed by atoms with Crippen molar-refractivity contribution >= 4 is 84.8 Å². The van der Waals surface area contributed by atoms with Crippen LogP contribution in [0.2, 0.25) is 0 Å². The highest BCUT2D eigenvalue weighted by Crippen LogP contribution is 2.47. The van der Waals surface area contributed by atoms with Crippen LogP contribution >= 0.6 is 22.7 Å². The Morgan fingerprint density at radius 1 is 0.463 bits per heavy atom. The van der Waals surface area contributed by atoms with Crippen LogP contribution in [0.25, 0.3) is 79.0 Å². The lowest BCUT2D eigenvalue weighted by Gasteiger charge is -2.10. The number of aryl methyl sites for hydroxylation is 2. The predicted octanol–water partition coefficient (Wildman–Crippen LogP) is 11.8. The fraction of sp³-hybridized carbons (Fsp3) is 0.0526. The fourth-order valence-corrected chi connectivity index (χ4v) is 9.17. The zero-order chi connectivity index (χ0) is 27.2. The second-order valence-corrected chi connectivity index (χ2v) is 13.2. The van der Waals surface area contributed by atoms with E-state index in [2.05, 4.69) is 134 Å². The van der Waals surface area contributed by atoms with E-state index >= 15 is 0 Å². The van der Waals surface area contributed by atoms with Gasteiger partial charge in [-0.05, 0) is 61.9 Å². The summed E-state index contributed by atoms with van der Waals surface area (Å²) in [7, 11) is 0. The first-order chi connectivity index (χ1) is 20.2. The third-order valence-electron chi connectivity index (χ3n) is 8.51. The second-order valence-electron chi connectivity index (χ2n) is 11.1. The first kappa shape index (κ1) is 23.3. The summed E-state index contributed by atoms with van der Waals surface area (Å²) >= 11 is 3.82. The molecule has 0 amide bonds. The summed E-state index contributed by atoms with van der Waals surface area (Å²) in [5.41, 5.74) is 8.99. The van der Waals surface area contributed by atoms with Crippen LogP contribution < -0.4 is 0 Å². The van der Waals surface area contributed by atoms with Gasteiger partial charge in [0.1, 0.15) is 0 Å². The molecule has 194 valence electrons. The van der Waals surface area contributed by atoms with Crippen LogP contribution in [0.1, 0.15) is 11.1 Å². The van der Waals surface area contributed by atoms with E-state index in [1.54, 1.807) is 0 Å². The van der Waals surface area contributed by atoms with Crippen molar-refractivity contribution in [1.82, 2.24) is 4.57 Å². The average Bonchev–Trinajstić information content (AvgIpc) is 3.66. The topological polar surface area (TPSA) is 4.93 Å². The molecular weight excluding hydrogens is 535 g/mol. The number of aromatic nitrogens is 1. The molecule has 0 atom stereocenters. The van der Waals surface area contributed by atoms with Gasteiger partial charge in [-0.3, -0.25) is 0 Å². The lowest BCUT2D eigenvalue weighted by atomic mass is 9.98. The van der Waals surface area contributed by atoms with Gasteiger partial charge in [0.15, 0.2) is 0 Å². The Kier molecular flexibility index (Phi) is 4.84. The van der Waals surface area contributed by atoms with Crippen molar-refractivity contribution in [3.63, 3.8) is 0 Å². The Morgan fingerprint density at radius 2 is 1.07 bits per heavy atom. The summed E-state index contributed by atoms with van der Waals surface area (Å²) in [4.78, 5) is 0. The standard InChI is InChI=1S/C38H25NS2/c1-22-16-18-31-29(20-22)30-21-23(2)17-19-32(30)39(31)33-13-6-12-28-36-25(9-7-15-35(36)41-38(28)33)27-11-5-10-26-24-8-3-4-14-34(24)40-37(26)27/h3-21H,1-2H3. The van der Waals surface area contributed by atoms with Gasteiger partial charge in [-0.15, -0.1) is 22.7 Å². The largest absolute Gasteiger partial charge is 0.308 e. The molecule has 3 heterocycles. The van der Waals surface area contributed by atoms with Crippen LogP contribution in [-0.4, -0.2) is 4.57 Å². The van der Waals surface area contributed by atoms with Gasteiger partial charge >= 0.3 is 0 Å². The highest BCUT2D eigenvalue weighted by atomic mass is 32.1. The van der Waals surface area contributed by atoms with Gasteiger partial charge in [0.25, 0.3) is 0 Å². The number of hydrogen-bond donors (Lipinski definition) is 0. The normalized spacial score (nSPS) is 12.1. The summed E-state index contributed by atoms with van der Waals surface area (Å²) in [5, 5.41) is 8.00. The smallest absolute Gasteiger partial charge is 0.0640 e. The average molecular weight is 560 g/mol. The summed E-state index contributed by atoms with van der Waals surface area (Å²) in [6.07, 6.45) is 0. The summed E-state index contributed by atoms with van der Waals surface area (Å²) in [6.45, 7) is 4.37. The van der Waals surface area contributed by atoms with Gasteiger partial charge in [-0.25, -0.2) is 0 Å². The van der Waals surface area contributed by atoms with E-state index in [9.17, 15) is 0 Å². The molecule has 0 aliphatic rings. The number of rotatable bonds is 2. The summed E-state index contributed by atoms with van der Waals surface area (Å²) < 4.78 is 7.85. The van der Waals surface area contributed by atoms with E-state index in [0.717, 1.165) is 0 Å². The molecule has 0 aliphatic carbocycles. The zero-order valence-electron chi connectivity index (χ0n) is 22.7. The minimum atomic E-state index is 1.25. The lowest BCUT2D eigenvalue weighted by Crippen LogP contribution is -1.94. The number of benzene rings is 6. The minimum absolute atomic E-state index is 1.25. The molecule has 0 N–H and O–H groups in total. The molecule has 6 aromatic carbocycles. The Bertz CT molecular complexity index is 2440. The van der Waals surface area contributed by atoms with Crippen LogP contribution in [0.5, 0.6) is 0 Å². The fourth-order valence-electron chi connectivity index (χ4n) is 6.70. The number of thiophene rings is 2. The molecule has 0 unspecified atom stereocenters. The van der Waals surface area contributed by atoms with Crippen molar-refractivity contribution < 1.29 is 0 Å². The van der Waals surface area contributed by atoms with Crippen LogP contribution in [-0.2, 0) is 0 Å². The van der Waals surface area contributed by atoms with Crippen LogP contribution in [0.4, 0.5) is 0 Å². The zero-order valence-corrected chi connectivity index (χ0v) is 24.4. The third-order valence-corrected chi connectivity index (χ3v) is 10.9. The van der Waals surface area contributed by atoms with E-state index < -0.39 is 0 Å². The second kappa shape index (κ2) is 8.53. The molecule has 0 bridgehead atoms. The molecule has 9 rings (SSSR count). The van der Waals surface area contributed by atoms with E-state index in [4.69, 9.17) is 0 Å². The van der Waals surface area contributed by atoms with Crippen molar-refractivity contribution in [1.29, 1.82) is 0 Å². The van der Waals surface area contributed by atoms with Gasteiger partial charge in [0, 0.05) is 52.0 Å². The van der Waals surface area contributed by atoms with Crippen molar-refractivity contribution in [3.8, 4) is 16.8 Å². The highest BCUT2D eigenvalue weighted by molar-refractivity contribution is 7.27. The van der Waals surface area contributed by atoms with Gasteiger partial charge in [-0.2, -0.15) is 0 Å². The Hall–Kier alpha value is -4.44.